The summed E-state index contributed by atoms with van der Waals surface area (Å²) in [5.41, 5.74) is 2.79. The van der Waals surface area contributed by atoms with Gasteiger partial charge in [-0.05, 0) is 47.0 Å². The van der Waals surface area contributed by atoms with E-state index in [9.17, 15) is 9.90 Å². The Balaban J connectivity index is 1.83. The Kier molecular flexibility index (Phi) is 6.09. The fraction of sp³-hybridized carbons (Fsp3) is 0.182. The van der Waals surface area contributed by atoms with Gasteiger partial charge in [-0.1, -0.05) is 41.9 Å². The van der Waals surface area contributed by atoms with Crippen molar-refractivity contribution in [1.29, 1.82) is 0 Å². The summed E-state index contributed by atoms with van der Waals surface area (Å²) in [4.78, 5) is 18.7. The molecule has 5 heteroatoms. The molecule has 1 atom stereocenters. The summed E-state index contributed by atoms with van der Waals surface area (Å²) in [6, 6.07) is 18.3. The summed E-state index contributed by atoms with van der Waals surface area (Å²) in [6.07, 6.45) is 3.75. The third-order valence-electron chi connectivity index (χ3n) is 4.47. The Morgan fingerprint density at radius 2 is 1.85 bits per heavy atom. The molecular weight excluding hydrogens is 360 g/mol. The predicted octanol–water partition coefficient (Wildman–Crippen LogP) is 4.62. The highest BCUT2D eigenvalue weighted by Gasteiger charge is 2.21. The van der Waals surface area contributed by atoms with E-state index in [1.807, 2.05) is 36.4 Å². The van der Waals surface area contributed by atoms with Crippen LogP contribution in [0.2, 0.25) is 5.02 Å². The van der Waals surface area contributed by atoms with Crippen LogP contribution in [-0.2, 0) is 11.3 Å². The first kappa shape index (κ1) is 18.9. The van der Waals surface area contributed by atoms with Crippen LogP contribution in [0.1, 0.15) is 29.0 Å². The topological polar surface area (TPSA) is 53.4 Å². The first-order valence-electron chi connectivity index (χ1n) is 8.70. The van der Waals surface area contributed by atoms with Crippen LogP contribution >= 0.6 is 11.6 Å². The van der Waals surface area contributed by atoms with Crippen LogP contribution in [-0.4, -0.2) is 27.9 Å². The van der Waals surface area contributed by atoms with Gasteiger partial charge >= 0.3 is 0 Å². The monoisotopic (exact) mass is 380 g/mol. The second kappa shape index (κ2) is 8.69. The number of phenols is 1. The second-order valence-corrected chi connectivity index (χ2v) is 6.95. The van der Waals surface area contributed by atoms with Gasteiger partial charge in [0.05, 0.1) is 0 Å². The molecule has 0 fully saturated rings. The largest absolute Gasteiger partial charge is 0.508 e. The summed E-state index contributed by atoms with van der Waals surface area (Å²) in [5.74, 6) is -0.0116. The zero-order chi connectivity index (χ0) is 19.2. The maximum absolute atomic E-state index is 12.9. The molecule has 1 aromatic heterocycles. The van der Waals surface area contributed by atoms with Crippen LogP contribution in [0.15, 0.2) is 73.1 Å². The molecule has 27 heavy (non-hydrogen) atoms. The molecule has 0 radical (unpaired) electrons. The maximum Gasteiger partial charge on any atom is 0.223 e. The number of carbonyl (C=O) groups excluding carboxylic acids is 1. The number of hydrogen-bond donors (Lipinski definition) is 1. The van der Waals surface area contributed by atoms with Crippen LogP contribution in [0.5, 0.6) is 5.75 Å². The van der Waals surface area contributed by atoms with E-state index in [1.54, 1.807) is 48.6 Å². The van der Waals surface area contributed by atoms with Crippen LogP contribution < -0.4 is 0 Å². The van der Waals surface area contributed by atoms with Gasteiger partial charge in [0.25, 0.3) is 0 Å². The molecule has 0 unspecified atom stereocenters. The number of pyridine rings is 1. The highest BCUT2D eigenvalue weighted by Crippen LogP contribution is 2.32. The molecular formula is C22H21ClN2O2. The molecule has 0 aliphatic carbocycles. The molecule has 1 N–H and O–H groups in total. The van der Waals surface area contributed by atoms with Crippen molar-refractivity contribution in [3.63, 3.8) is 0 Å². The van der Waals surface area contributed by atoms with Crippen LogP contribution in [0, 0.1) is 0 Å². The van der Waals surface area contributed by atoms with Gasteiger partial charge in [0.1, 0.15) is 5.75 Å². The molecule has 138 valence electrons. The van der Waals surface area contributed by atoms with Gasteiger partial charge in [-0.2, -0.15) is 0 Å². The average Bonchev–Trinajstić information content (AvgIpc) is 2.66. The standard InChI is InChI=1S/C22H21ClN2O2/c1-25(15-16-5-4-10-24-14-16)22(27)13-21(17-6-2-8-19(23)11-17)18-7-3-9-20(26)12-18/h2-12,14,21,26H,13,15H2,1H3/t21-/m0/s1. The number of carbonyl (C=O) groups is 1. The summed E-state index contributed by atoms with van der Waals surface area (Å²) < 4.78 is 0. The van der Waals surface area contributed by atoms with Gasteiger partial charge < -0.3 is 10.0 Å². The fourth-order valence-electron chi connectivity index (χ4n) is 3.08. The lowest BCUT2D eigenvalue weighted by molar-refractivity contribution is -0.130. The van der Waals surface area contributed by atoms with E-state index < -0.39 is 0 Å². The highest BCUT2D eigenvalue weighted by atomic mass is 35.5. The Morgan fingerprint density at radius 3 is 2.52 bits per heavy atom. The van der Waals surface area contributed by atoms with Crippen molar-refractivity contribution in [1.82, 2.24) is 9.88 Å². The van der Waals surface area contributed by atoms with Crippen molar-refractivity contribution >= 4 is 17.5 Å². The van der Waals surface area contributed by atoms with Gasteiger partial charge in [0, 0.05) is 43.3 Å². The van der Waals surface area contributed by atoms with E-state index in [4.69, 9.17) is 11.6 Å². The number of halogens is 1. The Morgan fingerprint density at radius 1 is 1.11 bits per heavy atom. The Bertz CT molecular complexity index is 869. The first-order chi connectivity index (χ1) is 13.0. The lowest BCUT2D eigenvalue weighted by Gasteiger charge is -2.23. The Hall–Kier alpha value is -2.85. The van der Waals surface area contributed by atoms with Crippen LogP contribution in [0.25, 0.3) is 0 Å². The SMILES string of the molecule is CN(Cc1cccnc1)C(=O)C[C@H](c1cccc(O)c1)c1cccc(Cl)c1. The molecule has 4 nitrogen and oxygen atoms in total. The van der Waals surface area contributed by atoms with Gasteiger partial charge in [-0.25, -0.2) is 0 Å². The number of amides is 1. The summed E-state index contributed by atoms with van der Waals surface area (Å²) >= 11 is 6.16. The minimum atomic E-state index is -0.195. The van der Waals surface area contributed by atoms with Gasteiger partial charge in [0.2, 0.25) is 5.91 Å². The number of benzene rings is 2. The van der Waals surface area contributed by atoms with Crippen molar-refractivity contribution in [2.45, 2.75) is 18.9 Å². The van der Waals surface area contributed by atoms with E-state index in [0.717, 1.165) is 16.7 Å². The van der Waals surface area contributed by atoms with Gasteiger partial charge in [0.15, 0.2) is 0 Å². The lowest BCUT2D eigenvalue weighted by atomic mass is 9.88. The average molecular weight is 381 g/mol. The van der Waals surface area contributed by atoms with Crippen molar-refractivity contribution < 1.29 is 9.90 Å². The third kappa shape index (κ3) is 5.08. The number of aromatic hydroxyl groups is 1. The van der Waals surface area contributed by atoms with E-state index in [-0.39, 0.29) is 24.0 Å². The summed E-state index contributed by atoms with van der Waals surface area (Å²) in [5, 5.41) is 10.5. The number of nitrogens with zero attached hydrogens (tertiary/aromatic N) is 2. The van der Waals surface area contributed by atoms with E-state index in [2.05, 4.69) is 4.98 Å². The van der Waals surface area contributed by atoms with Gasteiger partial charge in [-0.3, -0.25) is 9.78 Å². The molecule has 0 saturated carbocycles. The molecule has 0 bridgehead atoms. The Labute approximate surface area is 164 Å². The summed E-state index contributed by atoms with van der Waals surface area (Å²) in [6.45, 7) is 0.495. The zero-order valence-electron chi connectivity index (χ0n) is 15.0. The number of hydrogen-bond acceptors (Lipinski definition) is 3. The highest BCUT2D eigenvalue weighted by molar-refractivity contribution is 6.30. The van der Waals surface area contributed by atoms with Crippen molar-refractivity contribution in [2.24, 2.45) is 0 Å². The second-order valence-electron chi connectivity index (χ2n) is 6.52. The van der Waals surface area contributed by atoms with Crippen LogP contribution in [0.3, 0.4) is 0 Å². The molecule has 3 aromatic rings. The first-order valence-corrected chi connectivity index (χ1v) is 9.08. The van der Waals surface area contributed by atoms with E-state index >= 15 is 0 Å². The molecule has 3 rings (SSSR count). The predicted molar refractivity (Wildman–Crippen MR) is 107 cm³/mol. The molecule has 1 amide bonds. The number of aromatic nitrogens is 1. The molecule has 0 saturated heterocycles. The minimum absolute atomic E-state index is 0.00664. The van der Waals surface area contributed by atoms with Crippen molar-refractivity contribution in [2.75, 3.05) is 7.05 Å². The smallest absolute Gasteiger partial charge is 0.223 e. The quantitative estimate of drug-likeness (QED) is 0.678. The molecule has 1 heterocycles. The number of rotatable bonds is 6. The lowest BCUT2D eigenvalue weighted by Crippen LogP contribution is -2.28. The normalized spacial score (nSPS) is 11.8. The summed E-state index contributed by atoms with van der Waals surface area (Å²) in [7, 11) is 1.78. The third-order valence-corrected chi connectivity index (χ3v) is 4.71. The molecule has 0 aliphatic heterocycles. The zero-order valence-corrected chi connectivity index (χ0v) is 15.8. The number of phenolic OH excluding ortho intramolecular Hbond substituents is 1. The van der Waals surface area contributed by atoms with Crippen LogP contribution in [0.4, 0.5) is 0 Å². The van der Waals surface area contributed by atoms with E-state index in [1.165, 1.54) is 0 Å². The fourth-order valence-corrected chi connectivity index (χ4v) is 3.28. The van der Waals surface area contributed by atoms with Gasteiger partial charge in [-0.15, -0.1) is 0 Å². The van der Waals surface area contributed by atoms with Crippen molar-refractivity contribution in [3.05, 3.63) is 94.8 Å². The minimum Gasteiger partial charge on any atom is -0.508 e. The molecule has 0 aliphatic rings. The molecule has 0 spiro atoms. The van der Waals surface area contributed by atoms with E-state index in [0.29, 0.717) is 11.6 Å². The van der Waals surface area contributed by atoms with Crippen molar-refractivity contribution in [3.8, 4) is 5.75 Å². The molecule has 2 aromatic carbocycles. The maximum atomic E-state index is 12.9.